The maximum absolute atomic E-state index is 10.6. The van der Waals surface area contributed by atoms with E-state index >= 15 is 0 Å². The Morgan fingerprint density at radius 3 is 2.33 bits per heavy atom. The predicted octanol–water partition coefficient (Wildman–Crippen LogP) is -0.537. The van der Waals surface area contributed by atoms with Gasteiger partial charge >= 0.3 is 5.97 Å². The Kier molecular flexibility index (Phi) is 6.47. The lowest BCUT2D eigenvalue weighted by Gasteiger charge is -2.22. The van der Waals surface area contributed by atoms with Crippen LogP contribution in [0, 0.1) is 47.5 Å². The van der Waals surface area contributed by atoms with Crippen molar-refractivity contribution in [2.75, 3.05) is 33.4 Å². The van der Waals surface area contributed by atoms with Crippen LogP contribution in [0.4, 0.5) is 0 Å². The lowest BCUT2D eigenvalue weighted by molar-refractivity contribution is -0.133. The molecule has 1 aliphatic rings. The number of morpholine rings is 1. The van der Waals surface area contributed by atoms with Gasteiger partial charge in [0.05, 0.1) is 20.3 Å². The van der Waals surface area contributed by atoms with E-state index in [0.717, 1.165) is 13.1 Å². The van der Waals surface area contributed by atoms with Crippen molar-refractivity contribution in [3.8, 4) is 47.5 Å². The van der Waals surface area contributed by atoms with E-state index < -0.39 is 5.97 Å². The molecule has 90 valence electrons. The smallest absolute Gasteiger partial charge is 0.385 e. The van der Waals surface area contributed by atoms with Gasteiger partial charge in [0.15, 0.2) is 0 Å². The molecule has 4 nitrogen and oxygen atoms in total. The fourth-order valence-electron chi connectivity index (χ4n) is 1.04. The molecule has 1 rings (SSSR count). The molecule has 0 saturated carbocycles. The number of nitrogens with zero attached hydrogens (tertiary/aromatic N) is 1. The molecule has 4 heteroatoms. The Morgan fingerprint density at radius 1 is 1.06 bits per heavy atom. The summed E-state index contributed by atoms with van der Waals surface area (Å²) in [7, 11) is 1.26. The average molecular weight is 241 g/mol. The predicted molar refractivity (Wildman–Crippen MR) is 65.5 cm³/mol. The highest BCUT2D eigenvalue weighted by Crippen LogP contribution is 1.92. The molecule has 1 aliphatic heterocycles. The molecule has 0 bridgehead atoms. The minimum Gasteiger partial charge on any atom is -0.459 e. The van der Waals surface area contributed by atoms with Gasteiger partial charge in [-0.25, -0.2) is 4.79 Å². The molecule has 1 heterocycles. The van der Waals surface area contributed by atoms with Crippen LogP contribution in [0.5, 0.6) is 0 Å². The summed E-state index contributed by atoms with van der Waals surface area (Å²) in [5, 5.41) is 0. The van der Waals surface area contributed by atoms with E-state index in [2.05, 4.69) is 52.2 Å². The number of methoxy groups -OCH3 is 1. The van der Waals surface area contributed by atoms with Gasteiger partial charge in [0, 0.05) is 42.8 Å². The number of ether oxygens (including phenoxy) is 2. The molecular formula is C14H11NO3. The van der Waals surface area contributed by atoms with Gasteiger partial charge in [-0.15, -0.1) is 0 Å². The second kappa shape index (κ2) is 8.60. The summed E-state index contributed by atoms with van der Waals surface area (Å²) in [5.41, 5.74) is 0. The SMILES string of the molecule is COC(=O)C#CC#CC#CC#CN1CCOCC1. The maximum atomic E-state index is 10.6. The molecular weight excluding hydrogens is 230 g/mol. The van der Waals surface area contributed by atoms with Crippen LogP contribution in [0.1, 0.15) is 0 Å². The Bertz CT molecular complexity index is 529. The van der Waals surface area contributed by atoms with Gasteiger partial charge in [-0.05, 0) is 17.8 Å². The number of carbonyl (C=O) groups excluding carboxylic acids is 1. The molecule has 0 aromatic rings. The third-order valence-electron chi connectivity index (χ3n) is 1.89. The third kappa shape index (κ3) is 6.14. The highest BCUT2D eigenvalue weighted by Gasteiger charge is 2.04. The first-order valence-electron chi connectivity index (χ1n) is 5.25. The standard InChI is InChI=1S/C14H11NO3/c1-17-14(16)8-6-4-2-3-5-7-9-15-10-12-18-13-11-15/h10-13H2,1H3. The first kappa shape index (κ1) is 13.5. The van der Waals surface area contributed by atoms with Gasteiger partial charge in [0.2, 0.25) is 0 Å². The second-order valence-electron chi connectivity index (χ2n) is 3.08. The van der Waals surface area contributed by atoms with E-state index in [-0.39, 0.29) is 0 Å². The summed E-state index contributed by atoms with van der Waals surface area (Å²) in [6, 6.07) is 2.89. The van der Waals surface area contributed by atoms with Crippen LogP contribution < -0.4 is 0 Å². The minimum atomic E-state index is -0.621. The van der Waals surface area contributed by atoms with Gasteiger partial charge in [0.25, 0.3) is 0 Å². The Balaban J connectivity index is 2.37. The maximum Gasteiger partial charge on any atom is 0.385 e. The van der Waals surface area contributed by atoms with Crippen molar-refractivity contribution in [3.05, 3.63) is 0 Å². The molecule has 0 aromatic heterocycles. The van der Waals surface area contributed by atoms with Gasteiger partial charge in [-0.1, -0.05) is 0 Å². The molecule has 0 aromatic carbocycles. The van der Waals surface area contributed by atoms with Crippen molar-refractivity contribution in [2.24, 2.45) is 0 Å². The van der Waals surface area contributed by atoms with Crippen molar-refractivity contribution in [1.29, 1.82) is 0 Å². The number of hydrogen-bond acceptors (Lipinski definition) is 4. The monoisotopic (exact) mass is 241 g/mol. The van der Waals surface area contributed by atoms with Crippen LogP contribution >= 0.6 is 0 Å². The van der Waals surface area contributed by atoms with E-state index in [1.165, 1.54) is 7.11 Å². The number of rotatable bonds is 0. The summed E-state index contributed by atoms with van der Waals surface area (Å²) in [6.07, 6.45) is 0. The number of hydrogen-bond donors (Lipinski definition) is 0. The van der Waals surface area contributed by atoms with Crippen molar-refractivity contribution in [3.63, 3.8) is 0 Å². The number of esters is 1. The third-order valence-corrected chi connectivity index (χ3v) is 1.89. The van der Waals surface area contributed by atoms with Gasteiger partial charge < -0.3 is 14.4 Å². The fourth-order valence-corrected chi connectivity index (χ4v) is 1.04. The topological polar surface area (TPSA) is 38.8 Å². The molecule has 0 amide bonds. The molecule has 0 radical (unpaired) electrons. The van der Waals surface area contributed by atoms with Gasteiger partial charge in [0.1, 0.15) is 0 Å². The second-order valence-corrected chi connectivity index (χ2v) is 3.08. The van der Waals surface area contributed by atoms with E-state index in [4.69, 9.17) is 4.74 Å². The van der Waals surface area contributed by atoms with Gasteiger partial charge in [-0.2, -0.15) is 0 Å². The Morgan fingerprint density at radius 2 is 1.67 bits per heavy atom. The first-order valence-corrected chi connectivity index (χ1v) is 5.25. The summed E-state index contributed by atoms with van der Waals surface area (Å²) >= 11 is 0. The lowest BCUT2D eigenvalue weighted by Crippen LogP contribution is -2.32. The van der Waals surface area contributed by atoms with Crippen LogP contribution in [-0.4, -0.2) is 44.3 Å². The fraction of sp³-hybridized carbons (Fsp3) is 0.357. The molecule has 0 N–H and O–H groups in total. The van der Waals surface area contributed by atoms with Crippen LogP contribution in [0.25, 0.3) is 0 Å². The Hall–Kier alpha value is -2.53. The van der Waals surface area contributed by atoms with Crippen LogP contribution in [0.3, 0.4) is 0 Å². The van der Waals surface area contributed by atoms with Crippen LogP contribution in [0.2, 0.25) is 0 Å². The quantitative estimate of drug-likeness (QED) is 0.324. The van der Waals surface area contributed by atoms with Crippen molar-refractivity contribution in [2.45, 2.75) is 0 Å². The zero-order valence-corrected chi connectivity index (χ0v) is 10.0. The summed E-state index contributed by atoms with van der Waals surface area (Å²) in [5.74, 6) is 16.5. The van der Waals surface area contributed by atoms with Crippen molar-refractivity contribution in [1.82, 2.24) is 4.90 Å². The summed E-state index contributed by atoms with van der Waals surface area (Å²) in [6.45, 7) is 2.99. The lowest BCUT2D eigenvalue weighted by atomic mass is 10.4. The largest absolute Gasteiger partial charge is 0.459 e. The molecule has 0 atom stereocenters. The summed E-state index contributed by atoms with van der Waals surface area (Å²) in [4.78, 5) is 12.5. The zero-order valence-electron chi connectivity index (χ0n) is 10.0. The summed E-state index contributed by atoms with van der Waals surface area (Å²) < 4.78 is 9.49. The van der Waals surface area contributed by atoms with E-state index in [9.17, 15) is 4.79 Å². The molecule has 0 spiro atoms. The molecule has 1 saturated heterocycles. The van der Waals surface area contributed by atoms with E-state index in [0.29, 0.717) is 13.2 Å². The normalized spacial score (nSPS) is 12.2. The number of carbonyl (C=O) groups is 1. The van der Waals surface area contributed by atoms with E-state index in [1.54, 1.807) is 0 Å². The van der Waals surface area contributed by atoms with Crippen LogP contribution in [-0.2, 0) is 14.3 Å². The zero-order chi connectivity index (χ0) is 13.1. The van der Waals surface area contributed by atoms with Crippen LogP contribution in [0.15, 0.2) is 0 Å². The first-order chi connectivity index (χ1) is 8.83. The highest BCUT2D eigenvalue weighted by molar-refractivity contribution is 5.88. The van der Waals surface area contributed by atoms with Gasteiger partial charge in [-0.3, -0.25) is 0 Å². The highest BCUT2D eigenvalue weighted by atomic mass is 16.5. The minimum absolute atomic E-state index is 0.621. The molecule has 0 aliphatic carbocycles. The van der Waals surface area contributed by atoms with Crippen molar-refractivity contribution < 1.29 is 14.3 Å². The average Bonchev–Trinajstić information content (AvgIpc) is 2.42. The molecule has 1 fully saturated rings. The van der Waals surface area contributed by atoms with E-state index in [1.807, 2.05) is 4.90 Å². The van der Waals surface area contributed by atoms with Crippen molar-refractivity contribution >= 4 is 5.97 Å². The molecule has 0 unspecified atom stereocenters. The molecule has 18 heavy (non-hydrogen) atoms. The Labute approximate surface area is 107 Å².